The Kier molecular flexibility index (Phi) is 5.56. The van der Waals surface area contributed by atoms with E-state index in [4.69, 9.17) is 17.3 Å². The SMILES string of the molecule is Cc1ccc(Cl)cc1NC(=O)CSc1cc(Br)ccc1N. The summed E-state index contributed by atoms with van der Waals surface area (Å²) in [5.41, 5.74) is 8.25. The van der Waals surface area contributed by atoms with E-state index in [0.29, 0.717) is 10.7 Å². The molecule has 6 heteroatoms. The van der Waals surface area contributed by atoms with Crippen LogP contribution < -0.4 is 11.1 Å². The van der Waals surface area contributed by atoms with Crippen LogP contribution in [0.15, 0.2) is 45.8 Å². The molecule has 0 aliphatic carbocycles. The van der Waals surface area contributed by atoms with Gasteiger partial charge in [-0.25, -0.2) is 0 Å². The average Bonchev–Trinajstić information content (AvgIpc) is 2.44. The zero-order valence-corrected chi connectivity index (χ0v) is 14.5. The third-order valence-corrected chi connectivity index (χ3v) is 4.61. The number of halogens is 2. The van der Waals surface area contributed by atoms with Crippen LogP contribution in [-0.4, -0.2) is 11.7 Å². The Hall–Kier alpha value is -1.17. The van der Waals surface area contributed by atoms with Crippen molar-refractivity contribution in [1.29, 1.82) is 0 Å². The number of rotatable bonds is 4. The lowest BCUT2D eigenvalue weighted by molar-refractivity contribution is -0.113. The second-order valence-electron chi connectivity index (χ2n) is 4.48. The second-order valence-corrected chi connectivity index (χ2v) is 6.85. The van der Waals surface area contributed by atoms with Gasteiger partial charge in [0, 0.05) is 25.8 Å². The van der Waals surface area contributed by atoms with Gasteiger partial charge in [-0.3, -0.25) is 4.79 Å². The van der Waals surface area contributed by atoms with Crippen LogP contribution in [0.25, 0.3) is 0 Å². The van der Waals surface area contributed by atoms with E-state index in [0.717, 1.165) is 20.6 Å². The number of benzene rings is 2. The van der Waals surface area contributed by atoms with Crippen molar-refractivity contribution in [1.82, 2.24) is 0 Å². The summed E-state index contributed by atoms with van der Waals surface area (Å²) in [4.78, 5) is 12.9. The molecule has 0 saturated heterocycles. The first kappa shape index (κ1) is 16.2. The molecular formula is C15H14BrClN2OS. The van der Waals surface area contributed by atoms with E-state index in [1.807, 2.05) is 31.2 Å². The van der Waals surface area contributed by atoms with E-state index >= 15 is 0 Å². The Morgan fingerprint density at radius 1 is 1.33 bits per heavy atom. The molecule has 0 fully saturated rings. The summed E-state index contributed by atoms with van der Waals surface area (Å²) in [6, 6.07) is 11.0. The number of nitrogens with two attached hydrogens (primary N) is 1. The fraction of sp³-hybridized carbons (Fsp3) is 0.133. The van der Waals surface area contributed by atoms with E-state index in [1.54, 1.807) is 12.1 Å². The van der Waals surface area contributed by atoms with Gasteiger partial charge in [0.05, 0.1) is 5.75 Å². The van der Waals surface area contributed by atoms with Crippen LogP contribution >= 0.6 is 39.3 Å². The highest BCUT2D eigenvalue weighted by Gasteiger charge is 2.08. The Morgan fingerprint density at radius 2 is 2.10 bits per heavy atom. The van der Waals surface area contributed by atoms with Crippen molar-refractivity contribution >= 4 is 56.6 Å². The highest BCUT2D eigenvalue weighted by Crippen LogP contribution is 2.28. The number of carbonyl (C=O) groups is 1. The minimum absolute atomic E-state index is 0.0928. The van der Waals surface area contributed by atoms with Crippen LogP contribution in [0.3, 0.4) is 0 Å². The number of carbonyl (C=O) groups excluding carboxylic acids is 1. The molecule has 0 radical (unpaired) electrons. The quantitative estimate of drug-likeness (QED) is 0.591. The summed E-state index contributed by atoms with van der Waals surface area (Å²) in [7, 11) is 0. The first-order chi connectivity index (χ1) is 9.95. The maximum absolute atomic E-state index is 12.0. The van der Waals surface area contributed by atoms with Crippen molar-refractivity contribution in [2.24, 2.45) is 0 Å². The van der Waals surface area contributed by atoms with Crippen LogP contribution in [0.5, 0.6) is 0 Å². The lowest BCUT2D eigenvalue weighted by Gasteiger charge is -2.09. The van der Waals surface area contributed by atoms with Gasteiger partial charge in [0.15, 0.2) is 0 Å². The lowest BCUT2D eigenvalue weighted by atomic mass is 10.2. The summed E-state index contributed by atoms with van der Waals surface area (Å²) in [6.45, 7) is 1.92. The summed E-state index contributed by atoms with van der Waals surface area (Å²) < 4.78 is 0.935. The van der Waals surface area contributed by atoms with Crippen LogP contribution in [0, 0.1) is 6.92 Å². The van der Waals surface area contributed by atoms with Gasteiger partial charge in [-0.15, -0.1) is 11.8 Å². The molecule has 0 spiro atoms. The van der Waals surface area contributed by atoms with E-state index in [2.05, 4.69) is 21.2 Å². The molecule has 0 unspecified atom stereocenters. The molecule has 0 saturated carbocycles. The number of anilines is 2. The Bertz CT molecular complexity index is 679. The van der Waals surface area contributed by atoms with Crippen molar-refractivity contribution in [3.8, 4) is 0 Å². The summed E-state index contributed by atoms with van der Waals surface area (Å²) >= 11 is 10.7. The zero-order chi connectivity index (χ0) is 15.4. The van der Waals surface area contributed by atoms with Gasteiger partial charge >= 0.3 is 0 Å². The third-order valence-electron chi connectivity index (χ3n) is 2.81. The van der Waals surface area contributed by atoms with E-state index in [1.165, 1.54) is 11.8 Å². The molecule has 0 aromatic heterocycles. The molecule has 1 amide bonds. The molecule has 110 valence electrons. The van der Waals surface area contributed by atoms with Gasteiger partial charge in [-0.05, 0) is 42.8 Å². The normalized spacial score (nSPS) is 10.4. The molecule has 0 atom stereocenters. The van der Waals surface area contributed by atoms with Gasteiger partial charge in [0.1, 0.15) is 0 Å². The summed E-state index contributed by atoms with van der Waals surface area (Å²) in [6.07, 6.45) is 0. The number of hydrogen-bond acceptors (Lipinski definition) is 3. The Labute approximate surface area is 141 Å². The van der Waals surface area contributed by atoms with Gasteiger partial charge in [-0.2, -0.15) is 0 Å². The van der Waals surface area contributed by atoms with Crippen molar-refractivity contribution in [3.63, 3.8) is 0 Å². The van der Waals surface area contributed by atoms with E-state index in [-0.39, 0.29) is 11.7 Å². The predicted octanol–water partition coefficient (Wildman–Crippen LogP) is 4.72. The fourth-order valence-corrected chi connectivity index (χ4v) is 3.18. The average molecular weight is 386 g/mol. The Balaban J connectivity index is 1.99. The number of amides is 1. The molecule has 2 rings (SSSR count). The molecule has 21 heavy (non-hydrogen) atoms. The number of hydrogen-bond donors (Lipinski definition) is 2. The van der Waals surface area contributed by atoms with Crippen molar-refractivity contribution in [2.75, 3.05) is 16.8 Å². The molecule has 0 aliphatic rings. The van der Waals surface area contributed by atoms with Gasteiger partial charge in [-0.1, -0.05) is 33.6 Å². The van der Waals surface area contributed by atoms with Gasteiger partial charge < -0.3 is 11.1 Å². The second kappa shape index (κ2) is 7.20. The first-order valence-electron chi connectivity index (χ1n) is 6.19. The highest BCUT2D eigenvalue weighted by molar-refractivity contribution is 9.10. The van der Waals surface area contributed by atoms with Crippen molar-refractivity contribution < 1.29 is 4.79 Å². The molecular weight excluding hydrogens is 372 g/mol. The monoisotopic (exact) mass is 384 g/mol. The zero-order valence-electron chi connectivity index (χ0n) is 11.3. The summed E-state index contributed by atoms with van der Waals surface area (Å²) in [5.74, 6) is 0.192. The lowest BCUT2D eigenvalue weighted by Crippen LogP contribution is -2.14. The highest BCUT2D eigenvalue weighted by atomic mass is 79.9. The maximum Gasteiger partial charge on any atom is 0.234 e. The molecule has 0 heterocycles. The van der Waals surface area contributed by atoms with Crippen LogP contribution in [-0.2, 0) is 4.79 Å². The first-order valence-corrected chi connectivity index (χ1v) is 8.35. The molecule has 2 aromatic carbocycles. The molecule has 2 aromatic rings. The van der Waals surface area contributed by atoms with Gasteiger partial charge in [0.25, 0.3) is 0 Å². The largest absolute Gasteiger partial charge is 0.398 e. The van der Waals surface area contributed by atoms with Crippen LogP contribution in [0.4, 0.5) is 11.4 Å². The molecule has 3 nitrogen and oxygen atoms in total. The number of aryl methyl sites for hydroxylation is 1. The summed E-state index contributed by atoms with van der Waals surface area (Å²) in [5, 5.41) is 3.46. The fourth-order valence-electron chi connectivity index (χ4n) is 1.69. The third kappa shape index (κ3) is 4.66. The smallest absolute Gasteiger partial charge is 0.234 e. The molecule has 0 bridgehead atoms. The van der Waals surface area contributed by atoms with Crippen molar-refractivity contribution in [2.45, 2.75) is 11.8 Å². The predicted molar refractivity (Wildman–Crippen MR) is 94.1 cm³/mol. The number of nitrogens with one attached hydrogen (secondary N) is 1. The van der Waals surface area contributed by atoms with E-state index in [9.17, 15) is 4.79 Å². The van der Waals surface area contributed by atoms with Crippen LogP contribution in [0.2, 0.25) is 5.02 Å². The topological polar surface area (TPSA) is 55.1 Å². The Morgan fingerprint density at radius 3 is 2.86 bits per heavy atom. The van der Waals surface area contributed by atoms with Crippen molar-refractivity contribution in [3.05, 3.63) is 51.5 Å². The van der Waals surface area contributed by atoms with Crippen LogP contribution in [0.1, 0.15) is 5.56 Å². The number of thioether (sulfide) groups is 1. The van der Waals surface area contributed by atoms with Gasteiger partial charge in [0.2, 0.25) is 5.91 Å². The molecule has 0 aliphatic heterocycles. The molecule has 3 N–H and O–H groups in total. The number of nitrogen functional groups attached to an aromatic ring is 1. The standard InChI is InChI=1S/C15H14BrClN2OS/c1-9-2-4-11(17)7-13(9)19-15(20)8-21-14-6-10(16)3-5-12(14)18/h2-7H,8,18H2,1H3,(H,19,20). The maximum atomic E-state index is 12.0. The minimum atomic E-state index is -0.0928. The van der Waals surface area contributed by atoms with E-state index < -0.39 is 0 Å². The minimum Gasteiger partial charge on any atom is -0.398 e.